The average molecular weight is 424 g/mol. The molecular weight excluding hydrogens is 394 g/mol. The Morgan fingerprint density at radius 2 is 1.45 bits per heavy atom. The van der Waals surface area contributed by atoms with Gasteiger partial charge in [0.2, 0.25) is 5.91 Å². The van der Waals surface area contributed by atoms with Gasteiger partial charge < -0.3 is 26.2 Å². The molecule has 0 spiro atoms. The van der Waals surface area contributed by atoms with Gasteiger partial charge in [0, 0.05) is 37.2 Å². The van der Waals surface area contributed by atoms with Crippen molar-refractivity contribution in [2.24, 2.45) is 5.92 Å². The van der Waals surface area contributed by atoms with Gasteiger partial charge in [-0.05, 0) is 61.2 Å². The first-order chi connectivity index (χ1) is 15.0. The minimum Gasteiger partial charge on any atom is -0.359 e. The fourth-order valence-corrected chi connectivity index (χ4v) is 3.54. The van der Waals surface area contributed by atoms with E-state index in [0.717, 1.165) is 24.9 Å². The fraction of sp³-hybridized carbons (Fsp3) is 0.348. The van der Waals surface area contributed by atoms with Gasteiger partial charge in [0.25, 0.3) is 0 Å². The van der Waals surface area contributed by atoms with Crippen LogP contribution in [0, 0.1) is 5.92 Å². The summed E-state index contributed by atoms with van der Waals surface area (Å²) >= 11 is 0. The van der Waals surface area contributed by atoms with Crippen molar-refractivity contribution >= 4 is 35.0 Å². The number of nitrogens with zero attached hydrogens (tertiary/aromatic N) is 1. The Bertz CT molecular complexity index is 912. The normalized spacial score (nSPS) is 15.7. The minimum absolute atomic E-state index is 0.0347. The highest BCUT2D eigenvalue weighted by Gasteiger charge is 2.27. The predicted molar refractivity (Wildman–Crippen MR) is 122 cm³/mol. The lowest BCUT2D eigenvalue weighted by Crippen LogP contribution is -2.46. The van der Waals surface area contributed by atoms with Crippen LogP contribution in [0.5, 0.6) is 0 Å². The van der Waals surface area contributed by atoms with E-state index in [1.165, 1.54) is 5.56 Å². The summed E-state index contributed by atoms with van der Waals surface area (Å²) in [7, 11) is 1.61. The lowest BCUT2D eigenvalue weighted by atomic mass is 9.97. The molecular formula is C23H29N5O3. The van der Waals surface area contributed by atoms with Crippen LogP contribution < -0.4 is 21.3 Å². The number of aryl methyl sites for hydroxylation is 1. The maximum absolute atomic E-state index is 12.5. The second-order valence-corrected chi connectivity index (χ2v) is 7.54. The van der Waals surface area contributed by atoms with E-state index in [0.29, 0.717) is 24.5 Å². The molecule has 0 saturated carbocycles. The number of piperidine rings is 1. The second-order valence-electron chi connectivity index (χ2n) is 7.54. The molecule has 5 amide bonds. The molecule has 31 heavy (non-hydrogen) atoms. The van der Waals surface area contributed by atoms with Gasteiger partial charge in [0.1, 0.15) is 0 Å². The molecule has 1 aliphatic rings. The zero-order chi connectivity index (χ0) is 22.2. The van der Waals surface area contributed by atoms with Crippen LogP contribution in [0.4, 0.5) is 26.7 Å². The van der Waals surface area contributed by atoms with Crippen LogP contribution in [0.2, 0.25) is 0 Å². The molecule has 3 rings (SSSR count). The van der Waals surface area contributed by atoms with Crippen LogP contribution in [0.25, 0.3) is 0 Å². The van der Waals surface area contributed by atoms with E-state index in [2.05, 4.69) is 28.2 Å². The number of amides is 5. The Morgan fingerprint density at radius 1 is 0.903 bits per heavy atom. The molecule has 1 aliphatic heterocycles. The molecule has 0 unspecified atom stereocenters. The molecule has 1 fully saturated rings. The summed E-state index contributed by atoms with van der Waals surface area (Å²) in [5.41, 5.74) is 3.15. The number of urea groups is 2. The lowest BCUT2D eigenvalue weighted by Gasteiger charge is -2.31. The standard InChI is InChI=1S/C23H29N5O3/c1-3-16-6-8-18(9-7-16)25-22(30)26-19-10-12-20(13-11-19)27-23(31)28-14-4-5-17(15-28)21(29)24-2/h6-13,17H,3-5,14-15H2,1-2H3,(H,24,29)(H,27,31)(H2,25,26,30)/t17-/m1/s1. The number of carbonyl (C=O) groups is 3. The minimum atomic E-state index is -0.338. The van der Waals surface area contributed by atoms with Gasteiger partial charge in [-0.15, -0.1) is 0 Å². The van der Waals surface area contributed by atoms with Crippen molar-refractivity contribution in [1.82, 2.24) is 10.2 Å². The number of anilines is 3. The average Bonchev–Trinajstić information content (AvgIpc) is 2.80. The largest absolute Gasteiger partial charge is 0.359 e. The van der Waals surface area contributed by atoms with Gasteiger partial charge in [-0.3, -0.25) is 4.79 Å². The molecule has 1 atom stereocenters. The first kappa shape index (κ1) is 22.1. The van der Waals surface area contributed by atoms with Crippen LogP contribution >= 0.6 is 0 Å². The summed E-state index contributed by atoms with van der Waals surface area (Å²) in [6, 6.07) is 14.0. The summed E-state index contributed by atoms with van der Waals surface area (Å²) in [6.07, 6.45) is 2.53. The summed E-state index contributed by atoms with van der Waals surface area (Å²) in [5.74, 6) is -0.208. The molecule has 164 valence electrons. The van der Waals surface area contributed by atoms with Crippen molar-refractivity contribution < 1.29 is 14.4 Å². The van der Waals surface area contributed by atoms with Gasteiger partial charge >= 0.3 is 12.1 Å². The topological polar surface area (TPSA) is 103 Å². The van der Waals surface area contributed by atoms with Gasteiger partial charge in [0.05, 0.1) is 5.92 Å². The van der Waals surface area contributed by atoms with Crippen LogP contribution in [-0.2, 0) is 11.2 Å². The number of hydrogen-bond donors (Lipinski definition) is 4. The molecule has 2 aromatic rings. The Hall–Kier alpha value is -3.55. The molecule has 0 bridgehead atoms. The lowest BCUT2D eigenvalue weighted by molar-refractivity contribution is -0.125. The Kier molecular flexibility index (Phi) is 7.48. The third-order valence-electron chi connectivity index (χ3n) is 5.34. The maximum atomic E-state index is 12.5. The van der Waals surface area contributed by atoms with Crippen LogP contribution in [-0.4, -0.2) is 43.0 Å². The molecule has 8 heteroatoms. The molecule has 0 aromatic heterocycles. The number of benzene rings is 2. The monoisotopic (exact) mass is 423 g/mol. The number of likely N-dealkylation sites (tertiary alicyclic amines) is 1. The quantitative estimate of drug-likeness (QED) is 0.587. The van der Waals surface area contributed by atoms with E-state index in [9.17, 15) is 14.4 Å². The number of rotatable bonds is 5. The van der Waals surface area contributed by atoms with E-state index < -0.39 is 0 Å². The number of hydrogen-bond acceptors (Lipinski definition) is 3. The number of nitrogens with one attached hydrogen (secondary N) is 4. The van der Waals surface area contributed by atoms with Crippen LogP contribution in [0.15, 0.2) is 48.5 Å². The SMILES string of the molecule is CCc1ccc(NC(=O)Nc2ccc(NC(=O)N3CCC[C@@H](C(=O)NC)C3)cc2)cc1. The van der Waals surface area contributed by atoms with Crippen molar-refractivity contribution in [2.75, 3.05) is 36.1 Å². The Morgan fingerprint density at radius 3 is 2.00 bits per heavy atom. The van der Waals surface area contributed by atoms with Crippen LogP contribution in [0.1, 0.15) is 25.3 Å². The highest BCUT2D eigenvalue weighted by molar-refractivity contribution is 6.00. The maximum Gasteiger partial charge on any atom is 0.323 e. The molecule has 8 nitrogen and oxygen atoms in total. The van der Waals surface area contributed by atoms with E-state index in [1.54, 1.807) is 36.2 Å². The molecule has 1 saturated heterocycles. The van der Waals surface area contributed by atoms with E-state index >= 15 is 0 Å². The molecule has 2 aromatic carbocycles. The number of carbonyl (C=O) groups excluding carboxylic acids is 3. The molecule has 1 heterocycles. The summed E-state index contributed by atoms with van der Waals surface area (Å²) < 4.78 is 0. The van der Waals surface area contributed by atoms with Gasteiger partial charge in [-0.25, -0.2) is 9.59 Å². The molecule has 4 N–H and O–H groups in total. The van der Waals surface area contributed by atoms with Gasteiger partial charge in [0.15, 0.2) is 0 Å². The van der Waals surface area contributed by atoms with E-state index in [-0.39, 0.29) is 23.9 Å². The van der Waals surface area contributed by atoms with Crippen molar-refractivity contribution in [3.8, 4) is 0 Å². The zero-order valence-corrected chi connectivity index (χ0v) is 17.9. The van der Waals surface area contributed by atoms with Crippen molar-refractivity contribution in [2.45, 2.75) is 26.2 Å². The van der Waals surface area contributed by atoms with Crippen molar-refractivity contribution in [3.63, 3.8) is 0 Å². The third kappa shape index (κ3) is 6.21. The third-order valence-corrected chi connectivity index (χ3v) is 5.34. The summed E-state index contributed by atoms with van der Waals surface area (Å²) in [4.78, 5) is 38.2. The first-order valence-electron chi connectivity index (χ1n) is 10.5. The predicted octanol–water partition coefficient (Wildman–Crippen LogP) is 3.88. The first-order valence-corrected chi connectivity index (χ1v) is 10.5. The zero-order valence-electron chi connectivity index (χ0n) is 17.9. The Balaban J connectivity index is 1.50. The second kappa shape index (κ2) is 10.5. The van der Waals surface area contributed by atoms with E-state index in [4.69, 9.17) is 0 Å². The fourth-order valence-electron chi connectivity index (χ4n) is 3.54. The van der Waals surface area contributed by atoms with Gasteiger partial charge in [-0.2, -0.15) is 0 Å². The Labute approximate surface area is 182 Å². The van der Waals surface area contributed by atoms with E-state index in [1.807, 2.05) is 24.3 Å². The summed E-state index contributed by atoms with van der Waals surface area (Å²) in [6.45, 7) is 3.11. The molecule has 0 radical (unpaired) electrons. The summed E-state index contributed by atoms with van der Waals surface area (Å²) in [5, 5.41) is 11.1. The van der Waals surface area contributed by atoms with Crippen LogP contribution in [0.3, 0.4) is 0 Å². The highest BCUT2D eigenvalue weighted by atomic mass is 16.2. The molecule has 0 aliphatic carbocycles. The highest BCUT2D eigenvalue weighted by Crippen LogP contribution is 2.19. The van der Waals surface area contributed by atoms with Gasteiger partial charge in [-0.1, -0.05) is 19.1 Å². The van der Waals surface area contributed by atoms with Crippen molar-refractivity contribution in [1.29, 1.82) is 0 Å². The van der Waals surface area contributed by atoms with Crippen molar-refractivity contribution in [3.05, 3.63) is 54.1 Å². The smallest absolute Gasteiger partial charge is 0.323 e.